The number of alkyl halides is 1. The molecule has 20 heavy (non-hydrogen) atoms. The van der Waals surface area contributed by atoms with Crippen LogP contribution in [-0.2, 0) is 0 Å². The first-order valence-electron chi connectivity index (χ1n) is 5.72. The monoisotopic (exact) mass is 398 g/mol. The van der Waals surface area contributed by atoms with Gasteiger partial charge in [-0.25, -0.2) is 4.39 Å². The minimum atomic E-state index is -0.978. The van der Waals surface area contributed by atoms with Crippen molar-refractivity contribution in [2.75, 3.05) is 0 Å². The Bertz CT molecular complexity index is 578. The summed E-state index contributed by atoms with van der Waals surface area (Å²) in [6.07, 6.45) is 0. The van der Waals surface area contributed by atoms with Gasteiger partial charge >= 0.3 is 0 Å². The Balaban J connectivity index is 2.20. The van der Waals surface area contributed by atoms with Crippen LogP contribution in [0.25, 0.3) is 0 Å². The quantitative estimate of drug-likeness (QED) is 0.433. The summed E-state index contributed by atoms with van der Waals surface area (Å²) in [4.78, 5) is 23.3. The third-order valence-electron chi connectivity index (χ3n) is 2.72. The van der Waals surface area contributed by atoms with E-state index in [1.54, 1.807) is 24.3 Å². The van der Waals surface area contributed by atoms with Crippen LogP contribution in [0.5, 0.6) is 0 Å². The third kappa shape index (κ3) is 3.41. The standard InChI is InChI=1S/C15H9Br2FO2/c16-11-5-1-9(2-6-11)14(19)13(17)15(20)10-3-7-12(18)8-4-10/h1-8,13H. The molecule has 0 heterocycles. The van der Waals surface area contributed by atoms with Gasteiger partial charge in [-0.05, 0) is 36.4 Å². The molecule has 0 aliphatic rings. The summed E-state index contributed by atoms with van der Waals surface area (Å²) in [6.45, 7) is 0. The van der Waals surface area contributed by atoms with Crippen LogP contribution in [-0.4, -0.2) is 16.4 Å². The minimum absolute atomic E-state index is 0.290. The Morgan fingerprint density at radius 2 is 1.25 bits per heavy atom. The number of hydrogen-bond acceptors (Lipinski definition) is 2. The zero-order chi connectivity index (χ0) is 14.7. The molecule has 0 amide bonds. The molecule has 2 aromatic carbocycles. The molecule has 0 saturated carbocycles. The molecule has 0 N–H and O–H groups in total. The van der Waals surface area contributed by atoms with E-state index >= 15 is 0 Å². The number of halogens is 3. The highest BCUT2D eigenvalue weighted by Crippen LogP contribution is 2.18. The smallest absolute Gasteiger partial charge is 0.184 e. The second kappa shape index (κ2) is 6.41. The Morgan fingerprint density at radius 1 is 0.850 bits per heavy atom. The van der Waals surface area contributed by atoms with Gasteiger partial charge < -0.3 is 0 Å². The predicted molar refractivity (Wildman–Crippen MR) is 81.9 cm³/mol. The van der Waals surface area contributed by atoms with Gasteiger partial charge in [0.05, 0.1) is 0 Å². The second-order valence-electron chi connectivity index (χ2n) is 4.10. The molecule has 102 valence electrons. The average Bonchev–Trinajstić information content (AvgIpc) is 2.46. The zero-order valence-electron chi connectivity index (χ0n) is 10.1. The number of carbonyl (C=O) groups excluding carboxylic acids is 2. The third-order valence-corrected chi connectivity index (χ3v) is 4.08. The van der Waals surface area contributed by atoms with Gasteiger partial charge in [0.15, 0.2) is 11.6 Å². The largest absolute Gasteiger partial charge is 0.292 e. The van der Waals surface area contributed by atoms with Gasteiger partial charge in [0, 0.05) is 15.6 Å². The summed E-state index contributed by atoms with van der Waals surface area (Å²) >= 11 is 6.39. The normalized spacial score (nSPS) is 11.9. The molecular weight excluding hydrogens is 391 g/mol. The van der Waals surface area contributed by atoms with Crippen molar-refractivity contribution >= 4 is 43.4 Å². The van der Waals surface area contributed by atoms with Crippen molar-refractivity contribution in [2.24, 2.45) is 0 Å². The number of hydrogen-bond donors (Lipinski definition) is 0. The summed E-state index contributed by atoms with van der Waals surface area (Å²) in [5, 5.41) is 0. The molecule has 5 heteroatoms. The number of carbonyl (C=O) groups is 2. The van der Waals surface area contributed by atoms with Crippen LogP contribution in [0.1, 0.15) is 20.7 Å². The number of Topliss-reactive ketones (excluding diaryl/α,β-unsaturated/α-hetero) is 2. The average molecular weight is 400 g/mol. The Hall–Kier alpha value is -1.33. The molecule has 0 spiro atoms. The molecule has 1 unspecified atom stereocenters. The maximum Gasteiger partial charge on any atom is 0.184 e. The van der Waals surface area contributed by atoms with E-state index in [9.17, 15) is 14.0 Å². The number of benzene rings is 2. The van der Waals surface area contributed by atoms with E-state index in [2.05, 4.69) is 31.9 Å². The minimum Gasteiger partial charge on any atom is -0.292 e. The van der Waals surface area contributed by atoms with Crippen molar-refractivity contribution < 1.29 is 14.0 Å². The van der Waals surface area contributed by atoms with Crippen molar-refractivity contribution in [3.63, 3.8) is 0 Å². The van der Waals surface area contributed by atoms with E-state index in [1.807, 2.05) is 0 Å². The molecular formula is C15H9Br2FO2. The van der Waals surface area contributed by atoms with Gasteiger partial charge in [-0.3, -0.25) is 9.59 Å². The van der Waals surface area contributed by atoms with Gasteiger partial charge in [0.1, 0.15) is 10.6 Å². The van der Waals surface area contributed by atoms with Crippen LogP contribution < -0.4 is 0 Å². The van der Waals surface area contributed by atoms with Crippen molar-refractivity contribution in [3.05, 3.63) is 69.9 Å². The fourth-order valence-corrected chi connectivity index (χ4v) is 2.43. The van der Waals surface area contributed by atoms with Crippen LogP contribution in [0.15, 0.2) is 53.0 Å². The van der Waals surface area contributed by atoms with Gasteiger partial charge in [0.25, 0.3) is 0 Å². The van der Waals surface area contributed by atoms with Gasteiger partial charge in [-0.2, -0.15) is 0 Å². The Kier molecular flexibility index (Phi) is 4.83. The summed E-state index contributed by atoms with van der Waals surface area (Å²) in [5.74, 6) is -1.14. The van der Waals surface area contributed by atoms with Crippen LogP contribution in [0.4, 0.5) is 4.39 Å². The summed E-state index contributed by atoms with van der Waals surface area (Å²) < 4.78 is 13.7. The topological polar surface area (TPSA) is 34.1 Å². The van der Waals surface area contributed by atoms with Crippen molar-refractivity contribution in [1.29, 1.82) is 0 Å². The zero-order valence-corrected chi connectivity index (χ0v) is 13.3. The van der Waals surface area contributed by atoms with Gasteiger partial charge in [-0.1, -0.05) is 44.0 Å². The van der Waals surface area contributed by atoms with Crippen LogP contribution in [0.2, 0.25) is 0 Å². The fraction of sp³-hybridized carbons (Fsp3) is 0.0667. The lowest BCUT2D eigenvalue weighted by molar-refractivity contribution is 0.0906. The molecule has 2 rings (SSSR count). The SMILES string of the molecule is O=C(c1ccc(F)cc1)C(Br)C(=O)c1ccc(Br)cc1. The molecule has 0 aliphatic heterocycles. The molecule has 0 radical (unpaired) electrons. The molecule has 0 saturated heterocycles. The number of rotatable bonds is 4. The predicted octanol–water partition coefficient (Wildman–Crippen LogP) is 4.42. The molecule has 0 fully saturated rings. The van der Waals surface area contributed by atoms with Crippen LogP contribution >= 0.6 is 31.9 Å². The first kappa shape index (κ1) is 15.1. The highest BCUT2D eigenvalue weighted by molar-refractivity contribution is 9.10. The Morgan fingerprint density at radius 3 is 1.70 bits per heavy atom. The van der Waals surface area contributed by atoms with E-state index < -0.39 is 16.4 Å². The molecule has 1 atom stereocenters. The molecule has 2 aromatic rings. The summed E-state index contributed by atoms with van der Waals surface area (Å²) in [5.41, 5.74) is 0.726. The van der Waals surface area contributed by atoms with Crippen molar-refractivity contribution in [2.45, 2.75) is 4.83 Å². The van der Waals surface area contributed by atoms with Crippen molar-refractivity contribution in [1.82, 2.24) is 0 Å². The first-order valence-corrected chi connectivity index (χ1v) is 7.43. The summed E-state index contributed by atoms with van der Waals surface area (Å²) in [7, 11) is 0. The van der Waals surface area contributed by atoms with E-state index in [4.69, 9.17) is 0 Å². The fourth-order valence-electron chi connectivity index (χ4n) is 1.64. The lowest BCUT2D eigenvalue weighted by atomic mass is 10.0. The van der Waals surface area contributed by atoms with Gasteiger partial charge in [0.2, 0.25) is 0 Å². The highest BCUT2D eigenvalue weighted by Gasteiger charge is 2.25. The van der Waals surface area contributed by atoms with Crippen LogP contribution in [0, 0.1) is 5.82 Å². The van der Waals surface area contributed by atoms with E-state index in [0.717, 1.165) is 4.47 Å². The van der Waals surface area contributed by atoms with E-state index in [-0.39, 0.29) is 5.78 Å². The lowest BCUT2D eigenvalue weighted by Crippen LogP contribution is -2.24. The van der Waals surface area contributed by atoms with E-state index in [1.165, 1.54) is 24.3 Å². The Labute approximate surface area is 132 Å². The van der Waals surface area contributed by atoms with Crippen LogP contribution in [0.3, 0.4) is 0 Å². The van der Waals surface area contributed by atoms with E-state index in [0.29, 0.717) is 11.1 Å². The summed E-state index contributed by atoms with van der Waals surface area (Å²) in [6, 6.07) is 11.8. The number of ketones is 2. The lowest BCUT2D eigenvalue weighted by Gasteiger charge is -2.08. The molecule has 2 nitrogen and oxygen atoms in total. The van der Waals surface area contributed by atoms with Gasteiger partial charge in [-0.15, -0.1) is 0 Å². The first-order chi connectivity index (χ1) is 9.49. The second-order valence-corrected chi connectivity index (χ2v) is 5.94. The molecule has 0 aromatic heterocycles. The molecule has 0 aliphatic carbocycles. The van der Waals surface area contributed by atoms with Crippen molar-refractivity contribution in [3.8, 4) is 0 Å². The maximum absolute atomic E-state index is 12.8. The highest BCUT2D eigenvalue weighted by atomic mass is 79.9. The molecule has 0 bridgehead atoms. The maximum atomic E-state index is 12.8.